The van der Waals surface area contributed by atoms with Gasteiger partial charge in [-0.2, -0.15) is 0 Å². The lowest BCUT2D eigenvalue weighted by Gasteiger charge is -2.11. The van der Waals surface area contributed by atoms with Crippen LogP contribution < -0.4 is 4.74 Å². The lowest BCUT2D eigenvalue weighted by atomic mass is 10.1. The van der Waals surface area contributed by atoms with E-state index in [-0.39, 0.29) is 0 Å². The molecule has 0 aliphatic carbocycles. The van der Waals surface area contributed by atoms with E-state index in [1.54, 1.807) is 12.1 Å². The zero-order valence-electron chi connectivity index (χ0n) is 7.98. The third-order valence-corrected chi connectivity index (χ3v) is 2.90. The lowest BCUT2D eigenvalue weighted by molar-refractivity contribution is 0.0815. The molecule has 0 bridgehead atoms. The van der Waals surface area contributed by atoms with Gasteiger partial charge in [0, 0.05) is 4.47 Å². The highest BCUT2D eigenvalue weighted by molar-refractivity contribution is 9.10. The van der Waals surface area contributed by atoms with E-state index in [2.05, 4.69) is 15.9 Å². The minimum absolute atomic E-state index is 0.519. The Morgan fingerprint density at radius 3 is 2.50 bits per heavy atom. The van der Waals surface area contributed by atoms with Crippen molar-refractivity contribution in [2.75, 3.05) is 6.61 Å². The Morgan fingerprint density at radius 2 is 1.93 bits per heavy atom. The quantitative estimate of drug-likeness (QED) is 0.809. The van der Waals surface area contributed by atoms with Gasteiger partial charge in [0.1, 0.15) is 12.4 Å². The van der Waals surface area contributed by atoms with Gasteiger partial charge in [0.15, 0.2) is 0 Å². The van der Waals surface area contributed by atoms with Crippen LogP contribution >= 0.6 is 15.9 Å². The van der Waals surface area contributed by atoms with Gasteiger partial charge in [0.2, 0.25) is 0 Å². The summed E-state index contributed by atoms with van der Waals surface area (Å²) in [5.41, 5.74) is 1.90. The highest BCUT2D eigenvalue weighted by Crippen LogP contribution is 2.27. The summed E-state index contributed by atoms with van der Waals surface area (Å²) in [6.07, 6.45) is -2.43. The molecule has 0 fully saturated rings. The summed E-state index contributed by atoms with van der Waals surface area (Å²) in [7, 11) is 0. The van der Waals surface area contributed by atoms with Crippen LogP contribution in [0, 0.1) is 13.8 Å². The monoisotopic (exact) mass is 264 g/mol. The van der Waals surface area contributed by atoms with Crippen LogP contribution in [0.2, 0.25) is 0 Å². The first-order valence-electron chi connectivity index (χ1n) is 4.19. The lowest BCUT2D eigenvalue weighted by Crippen LogP contribution is -2.08. The molecular weight excluding hydrogens is 254 g/mol. The normalized spacial score (nSPS) is 10.7. The van der Waals surface area contributed by atoms with Crippen molar-refractivity contribution >= 4 is 15.9 Å². The molecule has 0 spiro atoms. The van der Waals surface area contributed by atoms with Crippen molar-refractivity contribution in [1.29, 1.82) is 0 Å². The standard InChI is InChI=1S/C10H11BrF2O/c1-6-7(2)9(4-3-8(6)11)14-5-10(12)13/h3-4,10H,5H2,1-2H3. The topological polar surface area (TPSA) is 9.23 Å². The third kappa shape index (κ3) is 2.67. The highest BCUT2D eigenvalue weighted by Gasteiger charge is 2.08. The Kier molecular flexibility index (Phi) is 3.86. The molecule has 0 N–H and O–H groups in total. The van der Waals surface area contributed by atoms with Crippen LogP contribution in [0.5, 0.6) is 5.75 Å². The summed E-state index contributed by atoms with van der Waals surface area (Å²) in [6.45, 7) is 3.21. The van der Waals surface area contributed by atoms with E-state index in [0.29, 0.717) is 5.75 Å². The second-order valence-corrected chi connectivity index (χ2v) is 3.85. The number of ether oxygens (including phenoxy) is 1. The first kappa shape index (κ1) is 11.4. The molecule has 0 atom stereocenters. The second-order valence-electron chi connectivity index (χ2n) is 3.00. The van der Waals surface area contributed by atoms with Gasteiger partial charge in [-0.3, -0.25) is 0 Å². The van der Waals surface area contributed by atoms with Crippen LogP contribution in [-0.2, 0) is 0 Å². The average molecular weight is 265 g/mol. The Bertz CT molecular complexity index is 326. The van der Waals surface area contributed by atoms with Crippen LogP contribution in [0.25, 0.3) is 0 Å². The molecular formula is C10H11BrF2O. The molecule has 0 aliphatic heterocycles. The fourth-order valence-corrected chi connectivity index (χ4v) is 1.50. The summed E-state index contributed by atoms with van der Waals surface area (Å²) in [5, 5.41) is 0. The van der Waals surface area contributed by atoms with Gasteiger partial charge in [-0.05, 0) is 37.1 Å². The summed E-state index contributed by atoms with van der Waals surface area (Å²) < 4.78 is 29.7. The predicted molar refractivity (Wildman–Crippen MR) is 55.1 cm³/mol. The molecule has 0 amide bonds. The molecule has 0 radical (unpaired) electrons. The zero-order chi connectivity index (χ0) is 10.7. The fourth-order valence-electron chi connectivity index (χ4n) is 1.07. The fraction of sp³-hybridized carbons (Fsp3) is 0.400. The van der Waals surface area contributed by atoms with Gasteiger partial charge in [0.05, 0.1) is 0 Å². The van der Waals surface area contributed by atoms with Gasteiger partial charge in [-0.1, -0.05) is 15.9 Å². The first-order valence-corrected chi connectivity index (χ1v) is 4.98. The second kappa shape index (κ2) is 4.73. The molecule has 0 saturated carbocycles. The van der Waals surface area contributed by atoms with E-state index in [1.807, 2.05) is 13.8 Å². The summed E-state index contributed by atoms with van der Waals surface area (Å²) in [4.78, 5) is 0. The Hall–Kier alpha value is -0.640. The molecule has 0 saturated heterocycles. The molecule has 1 aromatic carbocycles. The minimum Gasteiger partial charge on any atom is -0.487 e. The molecule has 0 aromatic heterocycles. The number of halogens is 3. The molecule has 0 unspecified atom stereocenters. The summed E-state index contributed by atoms with van der Waals surface area (Å²) in [6, 6.07) is 3.48. The minimum atomic E-state index is -2.43. The first-order chi connectivity index (χ1) is 6.52. The Morgan fingerprint density at radius 1 is 1.29 bits per heavy atom. The maximum absolute atomic E-state index is 11.9. The van der Waals surface area contributed by atoms with Crippen molar-refractivity contribution in [2.24, 2.45) is 0 Å². The van der Waals surface area contributed by atoms with Gasteiger partial charge >= 0.3 is 0 Å². The molecule has 1 nitrogen and oxygen atoms in total. The van der Waals surface area contributed by atoms with Crippen LogP contribution in [0.3, 0.4) is 0 Å². The zero-order valence-corrected chi connectivity index (χ0v) is 9.57. The largest absolute Gasteiger partial charge is 0.487 e. The van der Waals surface area contributed by atoms with Gasteiger partial charge in [0.25, 0.3) is 6.43 Å². The molecule has 1 rings (SSSR count). The number of benzene rings is 1. The van der Waals surface area contributed by atoms with Gasteiger partial charge < -0.3 is 4.74 Å². The van der Waals surface area contributed by atoms with E-state index in [1.165, 1.54) is 0 Å². The van der Waals surface area contributed by atoms with Gasteiger partial charge in [-0.25, -0.2) is 8.78 Å². The molecule has 4 heteroatoms. The number of rotatable bonds is 3. The van der Waals surface area contributed by atoms with Crippen molar-refractivity contribution in [3.8, 4) is 5.75 Å². The van der Waals surface area contributed by atoms with Crippen molar-refractivity contribution in [2.45, 2.75) is 20.3 Å². The van der Waals surface area contributed by atoms with E-state index in [9.17, 15) is 8.78 Å². The Balaban J connectivity index is 2.83. The van der Waals surface area contributed by atoms with Crippen LogP contribution in [0.15, 0.2) is 16.6 Å². The van der Waals surface area contributed by atoms with Crippen molar-refractivity contribution in [3.05, 3.63) is 27.7 Å². The van der Waals surface area contributed by atoms with E-state index in [0.717, 1.165) is 15.6 Å². The number of hydrogen-bond donors (Lipinski definition) is 0. The van der Waals surface area contributed by atoms with E-state index < -0.39 is 13.0 Å². The van der Waals surface area contributed by atoms with Crippen molar-refractivity contribution in [1.82, 2.24) is 0 Å². The predicted octanol–water partition coefficient (Wildman–Crippen LogP) is 3.71. The molecule has 14 heavy (non-hydrogen) atoms. The number of alkyl halides is 2. The SMILES string of the molecule is Cc1c(Br)ccc(OCC(F)F)c1C. The molecule has 1 aromatic rings. The summed E-state index contributed by atoms with van der Waals surface area (Å²) >= 11 is 3.36. The van der Waals surface area contributed by atoms with Gasteiger partial charge in [-0.15, -0.1) is 0 Å². The molecule has 78 valence electrons. The maximum Gasteiger partial charge on any atom is 0.272 e. The van der Waals surface area contributed by atoms with Crippen LogP contribution in [0.4, 0.5) is 8.78 Å². The summed E-state index contributed by atoms with van der Waals surface area (Å²) in [5.74, 6) is 0.519. The smallest absolute Gasteiger partial charge is 0.272 e. The van der Waals surface area contributed by atoms with E-state index >= 15 is 0 Å². The van der Waals surface area contributed by atoms with Crippen LogP contribution in [-0.4, -0.2) is 13.0 Å². The highest BCUT2D eigenvalue weighted by atomic mass is 79.9. The molecule has 0 aliphatic rings. The average Bonchev–Trinajstić information content (AvgIpc) is 2.13. The van der Waals surface area contributed by atoms with Crippen molar-refractivity contribution in [3.63, 3.8) is 0 Å². The third-order valence-electron chi connectivity index (χ3n) is 2.04. The Labute approximate surface area is 90.2 Å². The van der Waals surface area contributed by atoms with Crippen molar-refractivity contribution < 1.29 is 13.5 Å². The molecule has 0 heterocycles. The van der Waals surface area contributed by atoms with E-state index in [4.69, 9.17) is 4.74 Å². The van der Waals surface area contributed by atoms with Crippen LogP contribution in [0.1, 0.15) is 11.1 Å². The number of hydrogen-bond acceptors (Lipinski definition) is 1. The maximum atomic E-state index is 11.9.